The number of ether oxygens (including phenoxy) is 1. The van der Waals surface area contributed by atoms with Gasteiger partial charge in [0.15, 0.2) is 0 Å². The minimum atomic E-state index is -1.05. The Bertz CT molecular complexity index is 436. The number of primary amides is 1. The number of aliphatic carboxylic acids is 1. The van der Waals surface area contributed by atoms with Gasteiger partial charge in [-0.3, -0.25) is 4.79 Å². The third-order valence-electron chi connectivity index (χ3n) is 2.29. The highest BCUT2D eigenvalue weighted by molar-refractivity contribution is 5.98. The van der Waals surface area contributed by atoms with Crippen molar-refractivity contribution in [2.45, 2.75) is 12.5 Å². The number of anilines is 1. The summed E-state index contributed by atoms with van der Waals surface area (Å²) in [5.74, 6) is -1.55. The molecule has 1 rings (SSSR count). The molecule has 0 aliphatic heterocycles. The summed E-state index contributed by atoms with van der Waals surface area (Å²) >= 11 is 0. The molecule has 0 aliphatic carbocycles. The maximum Gasteiger partial charge on any atom is 0.326 e. The predicted molar refractivity (Wildman–Crippen MR) is 64.3 cm³/mol. The molecule has 0 radical (unpaired) electrons. The molecule has 7 heteroatoms. The fourth-order valence-electron chi connectivity index (χ4n) is 1.38. The number of hydrogen-bond donors (Lipinski definition) is 3. The van der Waals surface area contributed by atoms with Crippen LogP contribution in [0, 0.1) is 0 Å². The molecule has 1 heterocycles. The second-order valence-electron chi connectivity index (χ2n) is 3.58. The summed E-state index contributed by atoms with van der Waals surface area (Å²) in [5, 5.41) is 11.7. The average molecular weight is 253 g/mol. The standard InChI is InChI=1S/C11H15N3O4/c1-18-6-4-8(11(16)17)14-10-7(9(12)15)3-2-5-13-10/h2-3,5,8H,4,6H2,1H3,(H2,12,15)(H,13,14)(H,16,17). The summed E-state index contributed by atoms with van der Waals surface area (Å²) in [6, 6.07) is 2.14. The molecule has 98 valence electrons. The Labute approximate surface area is 104 Å². The van der Waals surface area contributed by atoms with Crippen LogP contribution in [0.2, 0.25) is 0 Å². The van der Waals surface area contributed by atoms with E-state index in [1.54, 1.807) is 6.07 Å². The van der Waals surface area contributed by atoms with Crippen LogP contribution in [-0.2, 0) is 9.53 Å². The maximum absolute atomic E-state index is 11.2. The second-order valence-corrected chi connectivity index (χ2v) is 3.58. The third kappa shape index (κ3) is 3.70. The fraction of sp³-hybridized carbons (Fsp3) is 0.364. The summed E-state index contributed by atoms with van der Waals surface area (Å²) in [7, 11) is 1.48. The number of aromatic nitrogens is 1. The molecule has 1 atom stereocenters. The molecule has 4 N–H and O–H groups in total. The molecule has 7 nitrogen and oxygen atoms in total. The SMILES string of the molecule is COCCC(Nc1ncccc1C(N)=O)C(=O)O. The van der Waals surface area contributed by atoms with Gasteiger partial charge in [0.1, 0.15) is 11.9 Å². The first-order valence-corrected chi connectivity index (χ1v) is 5.29. The van der Waals surface area contributed by atoms with Crippen LogP contribution in [0.25, 0.3) is 0 Å². The lowest BCUT2D eigenvalue weighted by Crippen LogP contribution is -2.32. The normalized spacial score (nSPS) is 11.8. The number of carboxylic acids is 1. The Morgan fingerprint density at radius 2 is 2.33 bits per heavy atom. The molecule has 0 fully saturated rings. The van der Waals surface area contributed by atoms with E-state index < -0.39 is 17.9 Å². The van der Waals surface area contributed by atoms with E-state index in [0.717, 1.165) is 0 Å². The summed E-state index contributed by atoms with van der Waals surface area (Å²) in [6.07, 6.45) is 1.70. The minimum Gasteiger partial charge on any atom is -0.480 e. The number of carboxylic acid groups (broad SMARTS) is 1. The Morgan fingerprint density at radius 3 is 2.89 bits per heavy atom. The lowest BCUT2D eigenvalue weighted by molar-refractivity contribution is -0.138. The van der Waals surface area contributed by atoms with E-state index >= 15 is 0 Å². The van der Waals surface area contributed by atoms with Crippen LogP contribution in [0.4, 0.5) is 5.82 Å². The van der Waals surface area contributed by atoms with Crippen molar-refractivity contribution in [1.29, 1.82) is 0 Å². The van der Waals surface area contributed by atoms with E-state index in [2.05, 4.69) is 10.3 Å². The number of carbonyl (C=O) groups excluding carboxylic acids is 1. The van der Waals surface area contributed by atoms with Crippen LogP contribution >= 0.6 is 0 Å². The third-order valence-corrected chi connectivity index (χ3v) is 2.29. The van der Waals surface area contributed by atoms with Gasteiger partial charge in [-0.25, -0.2) is 9.78 Å². The van der Waals surface area contributed by atoms with Gasteiger partial charge >= 0.3 is 5.97 Å². The Morgan fingerprint density at radius 1 is 1.61 bits per heavy atom. The zero-order valence-electron chi connectivity index (χ0n) is 9.92. The Hall–Kier alpha value is -2.15. The van der Waals surface area contributed by atoms with Gasteiger partial charge in [0.25, 0.3) is 5.91 Å². The van der Waals surface area contributed by atoms with Crippen molar-refractivity contribution >= 4 is 17.7 Å². The Balaban J connectivity index is 2.86. The van der Waals surface area contributed by atoms with Crippen molar-refractivity contribution in [2.24, 2.45) is 5.73 Å². The average Bonchev–Trinajstić information content (AvgIpc) is 2.34. The molecule has 0 saturated heterocycles. The zero-order chi connectivity index (χ0) is 13.5. The molecule has 0 spiro atoms. The van der Waals surface area contributed by atoms with Gasteiger partial charge in [0, 0.05) is 26.3 Å². The van der Waals surface area contributed by atoms with Crippen LogP contribution in [0.15, 0.2) is 18.3 Å². The minimum absolute atomic E-state index is 0.154. The van der Waals surface area contributed by atoms with Crippen molar-refractivity contribution in [3.63, 3.8) is 0 Å². The van der Waals surface area contributed by atoms with E-state index in [1.807, 2.05) is 0 Å². The van der Waals surface area contributed by atoms with Crippen molar-refractivity contribution in [3.05, 3.63) is 23.9 Å². The molecule has 0 aliphatic rings. The van der Waals surface area contributed by atoms with E-state index in [-0.39, 0.29) is 24.4 Å². The molecule has 0 aromatic carbocycles. The molecule has 1 amide bonds. The topological polar surface area (TPSA) is 115 Å². The number of carbonyl (C=O) groups is 2. The van der Waals surface area contributed by atoms with E-state index in [9.17, 15) is 9.59 Å². The molecule has 0 bridgehead atoms. The predicted octanol–water partition coefficient (Wildman–Crippen LogP) is 0.0821. The first-order valence-electron chi connectivity index (χ1n) is 5.29. The van der Waals surface area contributed by atoms with Crippen molar-refractivity contribution in [1.82, 2.24) is 4.98 Å². The fourth-order valence-corrected chi connectivity index (χ4v) is 1.38. The molecule has 18 heavy (non-hydrogen) atoms. The second kappa shape index (κ2) is 6.55. The van der Waals surface area contributed by atoms with Crippen molar-refractivity contribution in [3.8, 4) is 0 Å². The van der Waals surface area contributed by atoms with Crippen LogP contribution in [0.1, 0.15) is 16.8 Å². The highest BCUT2D eigenvalue weighted by Crippen LogP contribution is 2.13. The first kappa shape index (κ1) is 13.9. The van der Waals surface area contributed by atoms with Gasteiger partial charge < -0.3 is 20.9 Å². The number of amides is 1. The summed E-state index contributed by atoms with van der Waals surface area (Å²) in [5.41, 5.74) is 5.33. The van der Waals surface area contributed by atoms with Gasteiger partial charge in [-0.05, 0) is 12.1 Å². The monoisotopic (exact) mass is 253 g/mol. The number of pyridine rings is 1. The number of nitrogens with zero attached hydrogens (tertiary/aromatic N) is 1. The van der Waals surface area contributed by atoms with E-state index in [4.69, 9.17) is 15.6 Å². The maximum atomic E-state index is 11.2. The number of rotatable bonds is 7. The molecule has 1 aromatic heterocycles. The highest BCUT2D eigenvalue weighted by Gasteiger charge is 2.19. The molecule has 1 unspecified atom stereocenters. The van der Waals surface area contributed by atoms with Gasteiger partial charge in [0.2, 0.25) is 0 Å². The van der Waals surface area contributed by atoms with Crippen molar-refractivity contribution in [2.75, 3.05) is 19.0 Å². The van der Waals surface area contributed by atoms with E-state index in [1.165, 1.54) is 19.4 Å². The molecular formula is C11H15N3O4. The van der Waals surface area contributed by atoms with Gasteiger partial charge in [-0.15, -0.1) is 0 Å². The summed E-state index contributed by atoms with van der Waals surface area (Å²) in [4.78, 5) is 26.1. The number of methoxy groups -OCH3 is 1. The lowest BCUT2D eigenvalue weighted by atomic mass is 10.2. The number of nitrogens with one attached hydrogen (secondary N) is 1. The van der Waals surface area contributed by atoms with Crippen LogP contribution < -0.4 is 11.1 Å². The van der Waals surface area contributed by atoms with Gasteiger partial charge in [0.05, 0.1) is 5.56 Å². The lowest BCUT2D eigenvalue weighted by Gasteiger charge is -2.16. The molecular weight excluding hydrogens is 238 g/mol. The van der Waals surface area contributed by atoms with E-state index in [0.29, 0.717) is 0 Å². The van der Waals surface area contributed by atoms with Gasteiger partial charge in [-0.1, -0.05) is 0 Å². The quantitative estimate of drug-likeness (QED) is 0.634. The van der Waals surface area contributed by atoms with Crippen LogP contribution in [0.3, 0.4) is 0 Å². The number of hydrogen-bond acceptors (Lipinski definition) is 5. The van der Waals surface area contributed by atoms with Crippen LogP contribution in [0.5, 0.6) is 0 Å². The number of nitrogens with two attached hydrogens (primary N) is 1. The smallest absolute Gasteiger partial charge is 0.326 e. The zero-order valence-corrected chi connectivity index (χ0v) is 9.92. The summed E-state index contributed by atoms with van der Waals surface area (Å²) < 4.78 is 4.82. The van der Waals surface area contributed by atoms with Crippen LogP contribution in [-0.4, -0.2) is 41.7 Å². The molecule has 0 saturated carbocycles. The largest absolute Gasteiger partial charge is 0.480 e. The molecule has 1 aromatic rings. The highest BCUT2D eigenvalue weighted by atomic mass is 16.5. The first-order chi connectivity index (χ1) is 8.56. The Kier molecular flexibility index (Phi) is 5.06. The van der Waals surface area contributed by atoms with Crippen molar-refractivity contribution < 1.29 is 19.4 Å². The summed E-state index contributed by atoms with van der Waals surface area (Å²) in [6.45, 7) is 0.280. The van der Waals surface area contributed by atoms with Gasteiger partial charge in [-0.2, -0.15) is 0 Å².